The SMILES string of the molecule is CNN(CCCC1CCCOC1)C(=O)N1CCCC([C@@H](OCCNC(=O)OC)c2cc(F)cc(Cl)c2)C1. The van der Waals surface area contributed by atoms with Gasteiger partial charge in [0.15, 0.2) is 0 Å². The first-order chi connectivity index (χ1) is 17.9. The molecule has 1 aromatic rings. The number of urea groups is 1. The number of benzene rings is 1. The van der Waals surface area contributed by atoms with E-state index in [1.165, 1.54) is 25.7 Å². The minimum Gasteiger partial charge on any atom is -0.453 e. The van der Waals surface area contributed by atoms with E-state index in [1.54, 1.807) is 18.1 Å². The van der Waals surface area contributed by atoms with Crippen molar-refractivity contribution < 1.29 is 28.2 Å². The van der Waals surface area contributed by atoms with E-state index >= 15 is 0 Å². The zero-order valence-electron chi connectivity index (χ0n) is 21.8. The van der Waals surface area contributed by atoms with E-state index in [2.05, 4.69) is 15.5 Å². The van der Waals surface area contributed by atoms with Gasteiger partial charge in [-0.25, -0.2) is 19.4 Å². The Morgan fingerprint density at radius 1 is 1.30 bits per heavy atom. The van der Waals surface area contributed by atoms with Gasteiger partial charge in [-0.15, -0.1) is 0 Å². The van der Waals surface area contributed by atoms with Crippen LogP contribution in [0.3, 0.4) is 0 Å². The predicted molar refractivity (Wildman–Crippen MR) is 139 cm³/mol. The molecule has 208 valence electrons. The van der Waals surface area contributed by atoms with E-state index in [1.807, 2.05) is 4.90 Å². The van der Waals surface area contributed by atoms with Crippen molar-refractivity contribution >= 4 is 23.7 Å². The van der Waals surface area contributed by atoms with E-state index in [4.69, 9.17) is 21.1 Å². The van der Waals surface area contributed by atoms with Crippen LogP contribution in [-0.2, 0) is 14.2 Å². The van der Waals surface area contributed by atoms with Gasteiger partial charge in [-0.3, -0.25) is 5.01 Å². The number of hydrogen-bond donors (Lipinski definition) is 2. The van der Waals surface area contributed by atoms with Crippen molar-refractivity contribution in [3.63, 3.8) is 0 Å². The molecule has 3 amide bonds. The average Bonchev–Trinajstić information content (AvgIpc) is 2.90. The Labute approximate surface area is 223 Å². The van der Waals surface area contributed by atoms with E-state index < -0.39 is 18.0 Å². The van der Waals surface area contributed by atoms with Crippen LogP contribution in [0.15, 0.2) is 18.2 Å². The number of nitrogens with one attached hydrogen (secondary N) is 2. The second-order valence-corrected chi connectivity index (χ2v) is 10.1. The topological polar surface area (TPSA) is 92.4 Å². The van der Waals surface area contributed by atoms with Gasteiger partial charge in [0.25, 0.3) is 0 Å². The molecule has 11 heteroatoms. The number of likely N-dealkylation sites (tertiary alicyclic amines) is 1. The number of carbonyl (C=O) groups is 2. The monoisotopic (exact) mass is 542 g/mol. The predicted octanol–water partition coefficient (Wildman–Crippen LogP) is 4.37. The summed E-state index contributed by atoms with van der Waals surface area (Å²) in [6.45, 7) is 3.82. The lowest BCUT2D eigenvalue weighted by Gasteiger charge is -2.39. The van der Waals surface area contributed by atoms with Crippen LogP contribution in [0.4, 0.5) is 14.0 Å². The van der Waals surface area contributed by atoms with Gasteiger partial charge < -0.3 is 24.4 Å². The molecule has 0 bridgehead atoms. The average molecular weight is 543 g/mol. The number of carbonyl (C=O) groups excluding carboxylic acids is 2. The molecule has 2 aliphatic heterocycles. The Hall–Kier alpha value is -2.14. The second kappa shape index (κ2) is 15.3. The molecule has 1 aromatic carbocycles. The minimum absolute atomic E-state index is 0.0632. The Morgan fingerprint density at radius 3 is 2.84 bits per heavy atom. The van der Waals surface area contributed by atoms with E-state index in [0.29, 0.717) is 31.1 Å². The molecule has 0 aliphatic carbocycles. The van der Waals surface area contributed by atoms with Crippen LogP contribution in [-0.4, -0.2) is 82.2 Å². The van der Waals surface area contributed by atoms with Gasteiger partial charge in [-0.05, 0) is 68.2 Å². The number of alkyl carbamates (subject to hydrolysis) is 1. The number of hydrazine groups is 1. The van der Waals surface area contributed by atoms with Gasteiger partial charge in [-0.1, -0.05) is 11.6 Å². The molecule has 3 atom stereocenters. The van der Waals surface area contributed by atoms with Crippen LogP contribution in [0.1, 0.15) is 50.2 Å². The highest BCUT2D eigenvalue weighted by atomic mass is 35.5. The van der Waals surface area contributed by atoms with Crippen LogP contribution in [0.25, 0.3) is 0 Å². The molecule has 37 heavy (non-hydrogen) atoms. The van der Waals surface area contributed by atoms with Crippen molar-refractivity contribution in [1.82, 2.24) is 20.7 Å². The van der Waals surface area contributed by atoms with Crippen molar-refractivity contribution in [3.8, 4) is 0 Å². The van der Waals surface area contributed by atoms with Gasteiger partial charge in [-0.2, -0.15) is 0 Å². The van der Waals surface area contributed by atoms with Crippen molar-refractivity contribution in [3.05, 3.63) is 34.6 Å². The van der Waals surface area contributed by atoms with Gasteiger partial charge in [0, 0.05) is 57.4 Å². The van der Waals surface area contributed by atoms with Crippen molar-refractivity contribution in [2.75, 3.05) is 60.2 Å². The molecule has 9 nitrogen and oxygen atoms in total. The maximum absolute atomic E-state index is 14.2. The largest absolute Gasteiger partial charge is 0.453 e. The molecule has 2 heterocycles. The lowest BCUT2D eigenvalue weighted by molar-refractivity contribution is -0.0117. The third-order valence-electron chi connectivity index (χ3n) is 6.97. The third-order valence-corrected chi connectivity index (χ3v) is 7.19. The van der Waals surface area contributed by atoms with Gasteiger partial charge in [0.2, 0.25) is 0 Å². The molecule has 2 N–H and O–H groups in total. The van der Waals surface area contributed by atoms with E-state index in [-0.39, 0.29) is 30.1 Å². The summed E-state index contributed by atoms with van der Waals surface area (Å²) in [6.07, 6.45) is 4.80. The summed E-state index contributed by atoms with van der Waals surface area (Å²) < 4.78 is 30.5. The maximum Gasteiger partial charge on any atom is 0.406 e. The van der Waals surface area contributed by atoms with Gasteiger partial charge in [0.1, 0.15) is 5.82 Å². The smallest absolute Gasteiger partial charge is 0.406 e. The summed E-state index contributed by atoms with van der Waals surface area (Å²) in [6, 6.07) is 4.29. The maximum atomic E-state index is 14.2. The molecule has 3 rings (SSSR count). The number of rotatable bonds is 11. The standard InChI is InChI=1S/C26H40ClFN4O5/c1-29-32(11-3-6-19-7-5-12-36-18-19)26(34)31-10-4-8-20(17-31)24(37-13-9-30-25(33)35-2)21-14-22(27)16-23(28)15-21/h14-16,19-20,24,29H,3-13,17-18H2,1-2H3,(H,30,33)/t19?,20?,24-/m1/s1. The van der Waals surface area contributed by atoms with E-state index in [9.17, 15) is 14.0 Å². The van der Waals surface area contributed by atoms with Crippen LogP contribution in [0, 0.1) is 17.7 Å². The summed E-state index contributed by atoms with van der Waals surface area (Å²) in [4.78, 5) is 26.6. The Bertz CT molecular complexity index is 853. The first-order valence-corrected chi connectivity index (χ1v) is 13.5. The lowest BCUT2D eigenvalue weighted by atomic mass is 9.88. The summed E-state index contributed by atoms with van der Waals surface area (Å²) in [5, 5.41) is 4.53. The summed E-state index contributed by atoms with van der Waals surface area (Å²) >= 11 is 6.14. The first-order valence-electron chi connectivity index (χ1n) is 13.1. The molecule has 0 saturated carbocycles. The third kappa shape index (κ3) is 9.28. The number of halogens is 2. The molecule has 2 aliphatic rings. The number of methoxy groups -OCH3 is 1. The first kappa shape index (κ1) is 29.4. The molecular weight excluding hydrogens is 503 g/mol. The number of amides is 3. The number of piperidine rings is 1. The minimum atomic E-state index is -0.549. The Morgan fingerprint density at radius 2 is 2.14 bits per heavy atom. The Kier molecular flexibility index (Phi) is 12.2. The highest BCUT2D eigenvalue weighted by Gasteiger charge is 2.33. The zero-order chi connectivity index (χ0) is 26.6. The fourth-order valence-corrected chi connectivity index (χ4v) is 5.36. The molecule has 2 saturated heterocycles. The molecule has 0 aromatic heterocycles. The fourth-order valence-electron chi connectivity index (χ4n) is 5.13. The number of ether oxygens (including phenoxy) is 3. The number of nitrogens with zero attached hydrogens (tertiary/aromatic N) is 2. The van der Waals surface area contributed by atoms with Crippen LogP contribution < -0.4 is 10.7 Å². The van der Waals surface area contributed by atoms with E-state index in [0.717, 1.165) is 45.3 Å². The van der Waals surface area contributed by atoms with Crippen LogP contribution >= 0.6 is 11.6 Å². The fraction of sp³-hybridized carbons (Fsp3) is 0.692. The highest BCUT2D eigenvalue weighted by Crippen LogP contribution is 2.34. The normalized spacial score (nSPS) is 20.8. The van der Waals surface area contributed by atoms with Crippen molar-refractivity contribution in [1.29, 1.82) is 0 Å². The highest BCUT2D eigenvalue weighted by molar-refractivity contribution is 6.30. The summed E-state index contributed by atoms with van der Waals surface area (Å²) in [5.41, 5.74) is 3.66. The zero-order valence-corrected chi connectivity index (χ0v) is 22.6. The van der Waals surface area contributed by atoms with Crippen LogP contribution in [0.5, 0.6) is 0 Å². The van der Waals surface area contributed by atoms with Gasteiger partial charge in [0.05, 0.1) is 19.8 Å². The lowest BCUT2D eigenvalue weighted by Crippen LogP contribution is -2.52. The van der Waals surface area contributed by atoms with Crippen LogP contribution in [0.2, 0.25) is 5.02 Å². The molecular formula is C26H40ClFN4O5. The molecule has 2 unspecified atom stereocenters. The number of hydrogen-bond acceptors (Lipinski definition) is 6. The van der Waals surface area contributed by atoms with Crippen molar-refractivity contribution in [2.24, 2.45) is 11.8 Å². The summed E-state index contributed by atoms with van der Waals surface area (Å²) in [5.74, 6) is 0.0515. The molecule has 0 radical (unpaired) electrons. The van der Waals surface area contributed by atoms with Gasteiger partial charge >= 0.3 is 12.1 Å². The molecule has 0 spiro atoms. The van der Waals surface area contributed by atoms with Crippen molar-refractivity contribution in [2.45, 2.75) is 44.6 Å². The molecule has 2 fully saturated rings. The summed E-state index contributed by atoms with van der Waals surface area (Å²) in [7, 11) is 3.05. The second-order valence-electron chi connectivity index (χ2n) is 9.64. The quantitative estimate of drug-likeness (QED) is 0.319. The Balaban J connectivity index is 1.62.